The lowest BCUT2D eigenvalue weighted by molar-refractivity contribution is -0.148. The van der Waals surface area contributed by atoms with Crippen LogP contribution in [0.5, 0.6) is 0 Å². The van der Waals surface area contributed by atoms with Gasteiger partial charge in [-0.05, 0) is 18.8 Å². The second-order valence-corrected chi connectivity index (χ2v) is 7.36. The Bertz CT molecular complexity index is 450. The van der Waals surface area contributed by atoms with E-state index in [9.17, 15) is 18.3 Å². The number of nitrogens with zero attached hydrogens (tertiary/aromatic N) is 1. The Morgan fingerprint density at radius 2 is 1.85 bits per heavy atom. The van der Waals surface area contributed by atoms with Gasteiger partial charge in [0.15, 0.2) is 0 Å². The molecule has 0 amide bonds. The second-order valence-electron chi connectivity index (χ2n) is 5.69. The van der Waals surface area contributed by atoms with Gasteiger partial charge in [0.2, 0.25) is 0 Å². The summed E-state index contributed by atoms with van der Waals surface area (Å²) in [6, 6.07) is 0. The first-order chi connectivity index (χ1) is 9.36. The standard InChI is InChI=1S/C12H22N2O5S/c1-10-2-6-14(7-3-10)20(17,18)13-12(11(15)16)4-8-19-9-5-12/h10,13H,2-9H2,1H3,(H,15,16). The molecule has 2 fully saturated rings. The van der Waals surface area contributed by atoms with Gasteiger partial charge < -0.3 is 9.84 Å². The molecule has 2 heterocycles. The van der Waals surface area contributed by atoms with Crippen molar-refractivity contribution >= 4 is 16.2 Å². The molecule has 0 spiro atoms. The van der Waals surface area contributed by atoms with Crippen LogP contribution in [0.1, 0.15) is 32.6 Å². The van der Waals surface area contributed by atoms with Crippen molar-refractivity contribution in [1.82, 2.24) is 9.03 Å². The summed E-state index contributed by atoms with van der Waals surface area (Å²) in [4.78, 5) is 11.5. The summed E-state index contributed by atoms with van der Waals surface area (Å²) in [5.41, 5.74) is -1.43. The van der Waals surface area contributed by atoms with Gasteiger partial charge in [0.25, 0.3) is 10.2 Å². The fourth-order valence-electron chi connectivity index (χ4n) is 2.62. The average Bonchev–Trinajstić information content (AvgIpc) is 2.39. The van der Waals surface area contributed by atoms with Crippen LogP contribution in [-0.2, 0) is 19.7 Å². The molecule has 20 heavy (non-hydrogen) atoms. The van der Waals surface area contributed by atoms with E-state index in [0.29, 0.717) is 19.0 Å². The third-order valence-electron chi connectivity index (χ3n) is 4.16. The molecule has 0 aromatic carbocycles. The highest BCUT2D eigenvalue weighted by atomic mass is 32.2. The van der Waals surface area contributed by atoms with Gasteiger partial charge in [0, 0.05) is 39.1 Å². The average molecular weight is 306 g/mol. The van der Waals surface area contributed by atoms with E-state index in [-0.39, 0.29) is 26.1 Å². The largest absolute Gasteiger partial charge is 0.480 e. The minimum Gasteiger partial charge on any atom is -0.480 e. The van der Waals surface area contributed by atoms with Crippen molar-refractivity contribution in [3.63, 3.8) is 0 Å². The normalized spacial score (nSPS) is 25.4. The molecule has 116 valence electrons. The lowest BCUT2D eigenvalue weighted by Gasteiger charge is -2.37. The molecule has 7 nitrogen and oxygen atoms in total. The van der Waals surface area contributed by atoms with E-state index in [1.54, 1.807) is 0 Å². The van der Waals surface area contributed by atoms with Crippen molar-refractivity contribution in [2.45, 2.75) is 38.1 Å². The maximum absolute atomic E-state index is 12.4. The zero-order valence-corrected chi connectivity index (χ0v) is 12.5. The third-order valence-corrected chi connectivity index (χ3v) is 5.86. The quantitative estimate of drug-likeness (QED) is 0.773. The monoisotopic (exact) mass is 306 g/mol. The lowest BCUT2D eigenvalue weighted by atomic mass is 9.92. The van der Waals surface area contributed by atoms with E-state index >= 15 is 0 Å². The van der Waals surface area contributed by atoms with E-state index in [4.69, 9.17) is 4.74 Å². The molecule has 0 bridgehead atoms. The molecule has 0 aliphatic carbocycles. The molecule has 0 saturated carbocycles. The van der Waals surface area contributed by atoms with E-state index < -0.39 is 21.7 Å². The molecule has 2 rings (SSSR count). The van der Waals surface area contributed by atoms with Crippen LogP contribution in [0.3, 0.4) is 0 Å². The van der Waals surface area contributed by atoms with Crippen molar-refractivity contribution in [1.29, 1.82) is 0 Å². The van der Waals surface area contributed by atoms with Crippen molar-refractivity contribution in [3.8, 4) is 0 Å². The molecule has 2 aliphatic rings. The Kier molecular flexibility index (Phi) is 4.68. The molecule has 0 aromatic heterocycles. The summed E-state index contributed by atoms with van der Waals surface area (Å²) in [6.07, 6.45) is 1.94. The number of rotatable bonds is 4. The smallest absolute Gasteiger partial charge is 0.325 e. The van der Waals surface area contributed by atoms with E-state index in [1.165, 1.54) is 4.31 Å². The minimum absolute atomic E-state index is 0.159. The second kappa shape index (κ2) is 5.97. The summed E-state index contributed by atoms with van der Waals surface area (Å²) in [6.45, 7) is 3.50. The number of hydrogen-bond donors (Lipinski definition) is 2. The van der Waals surface area contributed by atoms with Gasteiger partial charge in [-0.2, -0.15) is 17.4 Å². The number of hydrogen-bond acceptors (Lipinski definition) is 4. The first-order valence-electron chi connectivity index (χ1n) is 6.96. The molecule has 0 radical (unpaired) electrons. The van der Waals surface area contributed by atoms with Crippen molar-refractivity contribution in [3.05, 3.63) is 0 Å². The summed E-state index contributed by atoms with van der Waals surface area (Å²) < 4.78 is 33.7. The summed E-state index contributed by atoms with van der Waals surface area (Å²) in [5, 5.41) is 9.39. The Balaban J connectivity index is 2.11. The summed E-state index contributed by atoms with van der Waals surface area (Å²) in [5.74, 6) is -0.618. The van der Waals surface area contributed by atoms with E-state index in [2.05, 4.69) is 11.6 Å². The number of ether oxygens (including phenoxy) is 1. The number of carboxylic acids is 1. The molecule has 8 heteroatoms. The van der Waals surface area contributed by atoms with Crippen LogP contribution in [-0.4, -0.2) is 55.6 Å². The van der Waals surface area contributed by atoms with E-state index in [0.717, 1.165) is 12.8 Å². The Labute approximate surface area is 119 Å². The molecule has 0 unspecified atom stereocenters. The van der Waals surface area contributed by atoms with Gasteiger partial charge in [0.1, 0.15) is 5.54 Å². The van der Waals surface area contributed by atoms with Gasteiger partial charge in [-0.15, -0.1) is 0 Å². The van der Waals surface area contributed by atoms with Gasteiger partial charge in [-0.25, -0.2) is 0 Å². The van der Waals surface area contributed by atoms with Crippen molar-refractivity contribution in [2.75, 3.05) is 26.3 Å². The van der Waals surface area contributed by atoms with Gasteiger partial charge in [-0.3, -0.25) is 4.79 Å². The summed E-state index contributed by atoms with van der Waals surface area (Å²) in [7, 11) is -3.76. The molecule has 2 saturated heterocycles. The van der Waals surface area contributed by atoms with Gasteiger partial charge in [0.05, 0.1) is 0 Å². The molecular weight excluding hydrogens is 284 g/mol. The first-order valence-corrected chi connectivity index (χ1v) is 8.40. The number of carboxylic acid groups (broad SMARTS) is 1. The SMILES string of the molecule is CC1CCN(S(=O)(=O)NC2(C(=O)O)CCOCC2)CC1. The minimum atomic E-state index is -3.76. The maximum atomic E-state index is 12.4. The van der Waals surface area contributed by atoms with Crippen molar-refractivity contribution < 1.29 is 23.1 Å². The zero-order valence-electron chi connectivity index (χ0n) is 11.7. The van der Waals surface area contributed by atoms with Gasteiger partial charge >= 0.3 is 5.97 Å². The Morgan fingerprint density at radius 3 is 2.35 bits per heavy atom. The predicted octanol–water partition coefficient (Wildman–Crippen LogP) is 0.187. The predicted molar refractivity (Wildman–Crippen MR) is 72.4 cm³/mol. The van der Waals surface area contributed by atoms with Crippen LogP contribution >= 0.6 is 0 Å². The molecule has 2 N–H and O–H groups in total. The number of aliphatic carboxylic acids is 1. The topological polar surface area (TPSA) is 95.9 Å². The molecule has 0 aromatic rings. The maximum Gasteiger partial charge on any atom is 0.325 e. The number of nitrogens with one attached hydrogen (secondary N) is 1. The highest BCUT2D eigenvalue weighted by molar-refractivity contribution is 7.87. The van der Waals surface area contributed by atoms with Gasteiger partial charge in [-0.1, -0.05) is 6.92 Å². The fraction of sp³-hybridized carbons (Fsp3) is 0.917. The first kappa shape index (κ1) is 15.7. The van der Waals surface area contributed by atoms with Crippen LogP contribution in [0.4, 0.5) is 0 Å². The van der Waals surface area contributed by atoms with Crippen LogP contribution in [0.15, 0.2) is 0 Å². The molecule has 0 atom stereocenters. The fourth-order valence-corrected chi connectivity index (χ4v) is 4.22. The molecule has 2 aliphatic heterocycles. The van der Waals surface area contributed by atoms with Crippen LogP contribution < -0.4 is 4.72 Å². The highest BCUT2D eigenvalue weighted by Gasteiger charge is 2.45. The Hall–Kier alpha value is -0.700. The lowest BCUT2D eigenvalue weighted by Crippen LogP contribution is -2.60. The third kappa shape index (κ3) is 3.30. The summed E-state index contributed by atoms with van der Waals surface area (Å²) >= 11 is 0. The van der Waals surface area contributed by atoms with Crippen LogP contribution in [0, 0.1) is 5.92 Å². The Morgan fingerprint density at radius 1 is 1.30 bits per heavy atom. The van der Waals surface area contributed by atoms with Crippen molar-refractivity contribution in [2.24, 2.45) is 5.92 Å². The van der Waals surface area contributed by atoms with Crippen LogP contribution in [0.25, 0.3) is 0 Å². The zero-order chi connectivity index (χ0) is 14.8. The molecular formula is C12H22N2O5S. The highest BCUT2D eigenvalue weighted by Crippen LogP contribution is 2.25. The number of carbonyl (C=O) groups is 1. The van der Waals surface area contributed by atoms with E-state index in [1.807, 2.05) is 0 Å². The number of piperidine rings is 1. The van der Waals surface area contributed by atoms with Crippen LogP contribution in [0.2, 0.25) is 0 Å².